The highest BCUT2D eigenvalue weighted by Gasteiger charge is 2.46. The van der Waals surface area contributed by atoms with Crippen LogP contribution in [0.3, 0.4) is 0 Å². The average molecular weight is 308 g/mol. The lowest BCUT2D eigenvalue weighted by atomic mass is 9.91. The lowest BCUT2D eigenvalue weighted by Crippen LogP contribution is -2.29. The molecule has 2 aromatic rings. The Balaban J connectivity index is 2.15. The number of hydrogen-bond donors (Lipinski definition) is 1. The zero-order valence-corrected chi connectivity index (χ0v) is 12.1. The van der Waals surface area contributed by atoms with Gasteiger partial charge < -0.3 is 10.1 Å². The van der Waals surface area contributed by atoms with Crippen molar-refractivity contribution in [1.29, 1.82) is 0 Å². The zero-order valence-electron chi connectivity index (χ0n) is 10.6. The molecule has 3 nitrogen and oxygen atoms in total. The van der Waals surface area contributed by atoms with Gasteiger partial charge >= 0.3 is 0 Å². The highest BCUT2D eigenvalue weighted by Crippen LogP contribution is 2.47. The van der Waals surface area contributed by atoms with Crippen molar-refractivity contribution in [2.45, 2.75) is 4.87 Å². The van der Waals surface area contributed by atoms with Crippen LogP contribution < -0.4 is 10.1 Å². The summed E-state index contributed by atoms with van der Waals surface area (Å²) in [5, 5.41) is 3.32. The second-order valence-corrected chi connectivity index (χ2v) is 5.53. The highest BCUT2D eigenvalue weighted by molar-refractivity contribution is 6.41. The number of fused-ring (bicyclic) bond motifs is 1. The van der Waals surface area contributed by atoms with Crippen molar-refractivity contribution in [3.8, 4) is 5.75 Å². The lowest BCUT2D eigenvalue weighted by molar-refractivity contribution is -0.117. The number of methoxy groups -OCH3 is 1. The molecule has 1 atom stereocenters. The monoisotopic (exact) mass is 307 g/mol. The topological polar surface area (TPSA) is 38.3 Å². The molecule has 0 spiro atoms. The van der Waals surface area contributed by atoms with E-state index in [-0.39, 0.29) is 5.91 Å². The minimum Gasteiger partial charge on any atom is -0.497 e. The Kier molecular flexibility index (Phi) is 3.11. The van der Waals surface area contributed by atoms with E-state index in [4.69, 9.17) is 27.9 Å². The van der Waals surface area contributed by atoms with Crippen LogP contribution in [0.15, 0.2) is 42.5 Å². The summed E-state index contributed by atoms with van der Waals surface area (Å²) < 4.78 is 5.12. The van der Waals surface area contributed by atoms with Gasteiger partial charge in [0.15, 0.2) is 4.87 Å². The Morgan fingerprint density at radius 3 is 2.50 bits per heavy atom. The third-order valence-electron chi connectivity index (χ3n) is 3.40. The molecule has 5 heteroatoms. The molecule has 1 amide bonds. The number of amides is 1. The number of carbonyl (C=O) groups is 1. The van der Waals surface area contributed by atoms with Gasteiger partial charge in [-0.3, -0.25) is 4.79 Å². The van der Waals surface area contributed by atoms with E-state index in [9.17, 15) is 4.79 Å². The van der Waals surface area contributed by atoms with Gasteiger partial charge in [0.05, 0.1) is 7.11 Å². The SMILES string of the molecule is COc1ccc(C2(Cl)C(=O)Nc3ccc(Cl)cc32)cc1. The molecule has 20 heavy (non-hydrogen) atoms. The van der Waals surface area contributed by atoms with Crippen LogP contribution in [0.1, 0.15) is 11.1 Å². The third kappa shape index (κ3) is 1.86. The van der Waals surface area contributed by atoms with Crippen molar-refractivity contribution >= 4 is 34.8 Å². The van der Waals surface area contributed by atoms with E-state index in [0.717, 1.165) is 0 Å². The summed E-state index contributed by atoms with van der Waals surface area (Å²) in [6.07, 6.45) is 0. The summed E-state index contributed by atoms with van der Waals surface area (Å²) in [4.78, 5) is 11.0. The fourth-order valence-electron chi connectivity index (χ4n) is 2.35. The van der Waals surface area contributed by atoms with Gasteiger partial charge in [0, 0.05) is 16.3 Å². The molecule has 0 saturated carbocycles. The fraction of sp³-hybridized carbons (Fsp3) is 0.133. The van der Waals surface area contributed by atoms with Gasteiger partial charge in [-0.15, -0.1) is 0 Å². The molecule has 102 valence electrons. The molecule has 0 bridgehead atoms. The van der Waals surface area contributed by atoms with E-state index in [1.165, 1.54) is 0 Å². The van der Waals surface area contributed by atoms with Crippen molar-refractivity contribution in [3.63, 3.8) is 0 Å². The quantitative estimate of drug-likeness (QED) is 0.857. The number of hydrogen-bond acceptors (Lipinski definition) is 2. The molecule has 0 aliphatic carbocycles. The maximum atomic E-state index is 12.3. The molecule has 1 unspecified atom stereocenters. The van der Waals surface area contributed by atoms with Crippen molar-refractivity contribution < 1.29 is 9.53 Å². The van der Waals surface area contributed by atoms with Gasteiger partial charge in [0.1, 0.15) is 5.75 Å². The summed E-state index contributed by atoms with van der Waals surface area (Å²) >= 11 is 12.6. The number of rotatable bonds is 2. The largest absolute Gasteiger partial charge is 0.497 e. The van der Waals surface area contributed by atoms with E-state index in [1.54, 1.807) is 49.6 Å². The van der Waals surface area contributed by atoms with Gasteiger partial charge in [-0.2, -0.15) is 0 Å². The molecule has 0 fully saturated rings. The number of nitrogens with one attached hydrogen (secondary N) is 1. The minimum absolute atomic E-state index is 0.276. The Morgan fingerprint density at radius 2 is 1.85 bits per heavy atom. The predicted molar refractivity (Wildman–Crippen MR) is 79.7 cm³/mol. The molecule has 0 aromatic heterocycles. The smallest absolute Gasteiger partial charge is 0.254 e. The van der Waals surface area contributed by atoms with Gasteiger partial charge in [0.2, 0.25) is 0 Å². The maximum absolute atomic E-state index is 12.3. The number of carbonyl (C=O) groups excluding carboxylic acids is 1. The minimum atomic E-state index is -1.26. The molecule has 2 aromatic carbocycles. The van der Waals surface area contributed by atoms with E-state index in [0.29, 0.717) is 27.6 Å². The first-order valence-corrected chi connectivity index (χ1v) is 6.76. The van der Waals surface area contributed by atoms with Gasteiger partial charge in [0.25, 0.3) is 5.91 Å². The van der Waals surface area contributed by atoms with Gasteiger partial charge in [-0.05, 0) is 35.9 Å². The summed E-state index contributed by atoms with van der Waals surface area (Å²) in [5.74, 6) is 0.431. The summed E-state index contributed by atoms with van der Waals surface area (Å²) in [6.45, 7) is 0. The second-order valence-electron chi connectivity index (χ2n) is 4.53. The molecule has 1 N–H and O–H groups in total. The second kappa shape index (κ2) is 4.69. The Labute approximate surface area is 126 Å². The van der Waals surface area contributed by atoms with E-state index < -0.39 is 4.87 Å². The molecule has 1 aliphatic rings. The normalized spacial score (nSPS) is 20.4. The summed E-state index contributed by atoms with van der Waals surface area (Å²) in [6, 6.07) is 12.3. The Morgan fingerprint density at radius 1 is 1.15 bits per heavy atom. The lowest BCUT2D eigenvalue weighted by Gasteiger charge is -2.20. The van der Waals surface area contributed by atoms with Crippen LogP contribution in [0.4, 0.5) is 5.69 Å². The van der Waals surface area contributed by atoms with Crippen LogP contribution in [-0.2, 0) is 9.67 Å². The number of benzene rings is 2. The van der Waals surface area contributed by atoms with Crippen LogP contribution in [0, 0.1) is 0 Å². The number of ether oxygens (including phenoxy) is 1. The van der Waals surface area contributed by atoms with Gasteiger partial charge in [-0.25, -0.2) is 0 Å². The summed E-state index contributed by atoms with van der Waals surface area (Å²) in [7, 11) is 1.59. The first kappa shape index (κ1) is 13.3. The third-order valence-corrected chi connectivity index (χ3v) is 4.23. The molecular formula is C15H11Cl2NO2. The molecule has 3 rings (SSSR count). The first-order chi connectivity index (χ1) is 9.55. The van der Waals surface area contributed by atoms with E-state index in [2.05, 4.69) is 5.32 Å². The number of alkyl halides is 1. The van der Waals surface area contributed by atoms with E-state index >= 15 is 0 Å². The van der Waals surface area contributed by atoms with Crippen molar-refractivity contribution in [3.05, 3.63) is 58.6 Å². The number of halogens is 2. The Hall–Kier alpha value is -1.71. The molecule has 0 saturated heterocycles. The molecule has 1 heterocycles. The number of anilines is 1. The zero-order chi connectivity index (χ0) is 14.3. The predicted octanol–water partition coefficient (Wildman–Crippen LogP) is 3.78. The van der Waals surface area contributed by atoms with Crippen LogP contribution in [0.5, 0.6) is 5.75 Å². The van der Waals surface area contributed by atoms with Gasteiger partial charge in [-0.1, -0.05) is 35.3 Å². The Bertz CT molecular complexity index is 685. The van der Waals surface area contributed by atoms with Crippen molar-refractivity contribution in [2.75, 3.05) is 12.4 Å². The standard InChI is InChI=1S/C15H11Cl2NO2/c1-20-11-5-2-9(3-6-11)15(17)12-8-10(16)4-7-13(12)18-14(15)19/h2-8H,1H3,(H,18,19). The average Bonchev–Trinajstić information content (AvgIpc) is 2.72. The van der Waals surface area contributed by atoms with Crippen LogP contribution in [-0.4, -0.2) is 13.0 Å². The molecule has 1 aliphatic heterocycles. The fourth-order valence-corrected chi connectivity index (χ4v) is 2.85. The van der Waals surface area contributed by atoms with E-state index in [1.807, 2.05) is 0 Å². The maximum Gasteiger partial charge on any atom is 0.254 e. The first-order valence-electron chi connectivity index (χ1n) is 6.00. The van der Waals surface area contributed by atoms with Crippen molar-refractivity contribution in [1.82, 2.24) is 0 Å². The molecular weight excluding hydrogens is 297 g/mol. The summed E-state index contributed by atoms with van der Waals surface area (Å²) in [5.41, 5.74) is 2.03. The highest BCUT2D eigenvalue weighted by atomic mass is 35.5. The van der Waals surface area contributed by atoms with Crippen molar-refractivity contribution in [2.24, 2.45) is 0 Å². The van der Waals surface area contributed by atoms with Crippen LogP contribution in [0.25, 0.3) is 0 Å². The molecule has 0 radical (unpaired) electrons. The van der Waals surface area contributed by atoms with Crippen LogP contribution >= 0.6 is 23.2 Å². The van der Waals surface area contributed by atoms with Crippen LogP contribution in [0.2, 0.25) is 5.02 Å².